The van der Waals surface area contributed by atoms with Crippen LogP contribution in [0.5, 0.6) is 0 Å². The summed E-state index contributed by atoms with van der Waals surface area (Å²) in [4.78, 5) is 27.6. The van der Waals surface area contributed by atoms with Crippen LogP contribution in [-0.4, -0.2) is 26.4 Å². The first-order valence-electron chi connectivity index (χ1n) is 7.30. The fourth-order valence-corrected chi connectivity index (χ4v) is 2.64. The van der Waals surface area contributed by atoms with Gasteiger partial charge in [-0.15, -0.1) is 5.10 Å². The summed E-state index contributed by atoms with van der Waals surface area (Å²) in [7, 11) is 0. The molecule has 3 heterocycles. The molecule has 1 aliphatic heterocycles. The predicted molar refractivity (Wildman–Crippen MR) is 84.1 cm³/mol. The fourth-order valence-electron chi connectivity index (χ4n) is 2.64. The van der Waals surface area contributed by atoms with Gasteiger partial charge >= 0.3 is 0 Å². The zero-order valence-electron chi connectivity index (χ0n) is 12.4. The summed E-state index contributed by atoms with van der Waals surface area (Å²) in [6.45, 7) is 0. The maximum absolute atomic E-state index is 13.1. The van der Waals surface area contributed by atoms with E-state index in [4.69, 9.17) is 0 Å². The number of hydrogen-bond acceptors (Lipinski definition) is 4. The molecule has 0 fully saturated rings. The summed E-state index contributed by atoms with van der Waals surface area (Å²) < 4.78 is 14.4. The molecule has 2 amide bonds. The summed E-state index contributed by atoms with van der Waals surface area (Å²) in [5, 5.41) is 9.33. The van der Waals surface area contributed by atoms with Gasteiger partial charge in [0, 0.05) is 5.69 Å². The van der Waals surface area contributed by atoms with E-state index < -0.39 is 5.82 Å². The van der Waals surface area contributed by atoms with Gasteiger partial charge in [0.2, 0.25) is 17.8 Å². The number of hydrogen-bond donors (Lipinski definition) is 2. The van der Waals surface area contributed by atoms with E-state index >= 15 is 0 Å². The Hall–Kier alpha value is -3.29. The molecule has 120 valence electrons. The lowest BCUT2D eigenvalue weighted by Gasteiger charge is -2.04. The molecule has 0 radical (unpaired) electrons. The average molecular weight is 325 g/mol. The minimum atomic E-state index is -0.439. The van der Waals surface area contributed by atoms with Crippen LogP contribution in [0.15, 0.2) is 36.5 Å². The molecule has 0 saturated heterocycles. The van der Waals surface area contributed by atoms with Crippen molar-refractivity contribution in [3.63, 3.8) is 0 Å². The molecule has 1 aliphatic rings. The first kappa shape index (κ1) is 14.3. The first-order chi connectivity index (χ1) is 11.6. The van der Waals surface area contributed by atoms with E-state index in [0.29, 0.717) is 12.1 Å². The lowest BCUT2D eigenvalue weighted by Crippen LogP contribution is -2.15. The van der Waals surface area contributed by atoms with E-state index in [1.54, 1.807) is 6.07 Å². The predicted octanol–water partition coefficient (Wildman–Crippen LogP) is 1.54. The molecular weight excluding hydrogens is 313 g/mol. The third-order valence-electron chi connectivity index (χ3n) is 3.71. The van der Waals surface area contributed by atoms with Crippen LogP contribution in [0.25, 0.3) is 5.65 Å². The molecule has 0 unspecified atom stereocenters. The number of pyridine rings is 1. The number of anilines is 2. The number of carbonyl (C=O) groups excluding carboxylic acids is 2. The molecule has 24 heavy (non-hydrogen) atoms. The monoisotopic (exact) mass is 325 g/mol. The van der Waals surface area contributed by atoms with Crippen LogP contribution in [0.2, 0.25) is 0 Å². The van der Waals surface area contributed by atoms with Crippen molar-refractivity contribution in [2.75, 3.05) is 10.6 Å². The zero-order valence-corrected chi connectivity index (χ0v) is 12.4. The number of rotatable bonds is 3. The van der Waals surface area contributed by atoms with Crippen molar-refractivity contribution >= 4 is 29.1 Å². The molecular formula is C16H12FN5O2. The van der Waals surface area contributed by atoms with Crippen molar-refractivity contribution in [1.82, 2.24) is 14.6 Å². The fraction of sp³-hybridized carbons (Fsp3) is 0.125. The molecule has 0 bridgehead atoms. The third kappa shape index (κ3) is 2.69. The van der Waals surface area contributed by atoms with Gasteiger partial charge in [-0.25, -0.2) is 8.91 Å². The van der Waals surface area contributed by atoms with Gasteiger partial charge < -0.3 is 5.32 Å². The van der Waals surface area contributed by atoms with Crippen LogP contribution in [-0.2, 0) is 22.4 Å². The van der Waals surface area contributed by atoms with Crippen molar-refractivity contribution in [3.05, 3.63) is 53.5 Å². The number of carbonyl (C=O) groups is 2. The Morgan fingerprint density at radius 1 is 1.33 bits per heavy atom. The van der Waals surface area contributed by atoms with Crippen LogP contribution < -0.4 is 10.6 Å². The van der Waals surface area contributed by atoms with Gasteiger partial charge in [-0.05, 0) is 29.3 Å². The Balaban J connectivity index is 1.48. The third-order valence-corrected chi connectivity index (χ3v) is 3.71. The summed E-state index contributed by atoms with van der Waals surface area (Å²) in [5.74, 6) is -0.672. The maximum Gasteiger partial charge on any atom is 0.249 e. The SMILES string of the molecule is O=C(Cc1ccc2c(c1)NC(=O)C2)Nc1nc2ccc(F)cn2n1. The molecule has 0 atom stereocenters. The van der Waals surface area contributed by atoms with E-state index in [9.17, 15) is 14.0 Å². The smallest absolute Gasteiger partial charge is 0.249 e. The van der Waals surface area contributed by atoms with Crippen molar-refractivity contribution in [1.29, 1.82) is 0 Å². The van der Waals surface area contributed by atoms with Gasteiger partial charge in [0.1, 0.15) is 5.82 Å². The lowest BCUT2D eigenvalue weighted by atomic mass is 10.1. The second kappa shape index (κ2) is 5.41. The van der Waals surface area contributed by atoms with Crippen LogP contribution in [0.4, 0.5) is 16.0 Å². The minimum Gasteiger partial charge on any atom is -0.326 e. The molecule has 2 N–H and O–H groups in total. The number of aromatic nitrogens is 3. The molecule has 8 heteroatoms. The molecule has 4 rings (SSSR count). The van der Waals surface area contributed by atoms with Gasteiger partial charge in [0.05, 0.1) is 19.0 Å². The summed E-state index contributed by atoms with van der Waals surface area (Å²) in [6.07, 6.45) is 1.66. The van der Waals surface area contributed by atoms with Crippen LogP contribution in [0.1, 0.15) is 11.1 Å². The summed E-state index contributed by atoms with van der Waals surface area (Å²) >= 11 is 0. The second-order valence-corrected chi connectivity index (χ2v) is 5.53. The van der Waals surface area contributed by atoms with Crippen LogP contribution in [0.3, 0.4) is 0 Å². The Morgan fingerprint density at radius 2 is 2.21 bits per heavy atom. The Bertz CT molecular complexity index is 982. The largest absolute Gasteiger partial charge is 0.326 e. The standard InChI is InChI=1S/C16H12FN5O2/c17-11-3-4-13-19-16(21-22(13)8-11)20-14(23)6-9-1-2-10-7-15(24)18-12(10)5-9/h1-5,8H,6-7H2,(H,18,24)(H,20,21,23). The highest BCUT2D eigenvalue weighted by Crippen LogP contribution is 2.24. The topological polar surface area (TPSA) is 88.4 Å². The molecule has 1 aromatic carbocycles. The molecule has 0 aliphatic carbocycles. The quantitative estimate of drug-likeness (QED) is 0.764. The van der Waals surface area contributed by atoms with Gasteiger partial charge in [-0.2, -0.15) is 4.98 Å². The molecule has 7 nitrogen and oxygen atoms in total. The molecule has 2 aromatic heterocycles. The minimum absolute atomic E-state index is 0.0484. The Morgan fingerprint density at radius 3 is 3.08 bits per heavy atom. The second-order valence-electron chi connectivity index (χ2n) is 5.53. The highest BCUT2D eigenvalue weighted by atomic mass is 19.1. The highest BCUT2D eigenvalue weighted by Gasteiger charge is 2.18. The Kier molecular flexibility index (Phi) is 3.23. The van der Waals surface area contributed by atoms with E-state index in [2.05, 4.69) is 20.7 Å². The van der Waals surface area contributed by atoms with Gasteiger partial charge in [-0.3, -0.25) is 14.9 Å². The van der Waals surface area contributed by atoms with Crippen molar-refractivity contribution in [2.24, 2.45) is 0 Å². The van der Waals surface area contributed by atoms with Gasteiger partial charge in [0.25, 0.3) is 0 Å². The number of halogens is 1. The summed E-state index contributed by atoms with van der Waals surface area (Å²) in [5.41, 5.74) is 2.87. The van der Waals surface area contributed by atoms with Crippen LogP contribution in [0, 0.1) is 5.82 Å². The van der Waals surface area contributed by atoms with Crippen molar-refractivity contribution in [2.45, 2.75) is 12.8 Å². The normalized spacial score (nSPS) is 13.0. The number of nitrogens with zero attached hydrogens (tertiary/aromatic N) is 3. The first-order valence-corrected chi connectivity index (χ1v) is 7.30. The molecule has 3 aromatic rings. The van der Waals surface area contributed by atoms with Gasteiger partial charge in [0.15, 0.2) is 5.65 Å². The van der Waals surface area contributed by atoms with Crippen molar-refractivity contribution in [3.8, 4) is 0 Å². The maximum atomic E-state index is 13.1. The summed E-state index contributed by atoms with van der Waals surface area (Å²) in [6, 6.07) is 8.18. The van der Waals surface area contributed by atoms with E-state index in [1.807, 2.05) is 12.1 Å². The average Bonchev–Trinajstić information content (AvgIpc) is 3.07. The van der Waals surface area contributed by atoms with Gasteiger partial charge in [-0.1, -0.05) is 12.1 Å². The molecule has 0 spiro atoms. The lowest BCUT2D eigenvalue weighted by molar-refractivity contribution is -0.116. The number of benzene rings is 1. The van der Waals surface area contributed by atoms with E-state index in [1.165, 1.54) is 22.8 Å². The zero-order chi connectivity index (χ0) is 16.7. The number of nitrogens with one attached hydrogen (secondary N) is 2. The highest BCUT2D eigenvalue weighted by molar-refractivity contribution is 5.99. The number of amides is 2. The Labute approximate surface area is 135 Å². The van der Waals surface area contributed by atoms with E-state index in [0.717, 1.165) is 16.8 Å². The van der Waals surface area contributed by atoms with Crippen molar-refractivity contribution < 1.29 is 14.0 Å². The molecule has 0 saturated carbocycles. The van der Waals surface area contributed by atoms with Crippen LogP contribution >= 0.6 is 0 Å². The van der Waals surface area contributed by atoms with E-state index in [-0.39, 0.29) is 24.2 Å². The number of fused-ring (bicyclic) bond motifs is 2.